The van der Waals surface area contributed by atoms with E-state index >= 15 is 8.78 Å². The van der Waals surface area contributed by atoms with Crippen LogP contribution in [0, 0.1) is 11.6 Å². The van der Waals surface area contributed by atoms with Gasteiger partial charge in [-0.25, -0.2) is 18.0 Å². The lowest BCUT2D eigenvalue weighted by Crippen LogP contribution is -2.48. The third kappa shape index (κ3) is 4.53. The molecule has 1 aliphatic heterocycles. The molecule has 38 heavy (non-hydrogen) atoms. The molecule has 2 N–H and O–H groups in total. The van der Waals surface area contributed by atoms with Crippen molar-refractivity contribution in [3.8, 4) is 16.9 Å². The summed E-state index contributed by atoms with van der Waals surface area (Å²) < 4.78 is 52.1. The van der Waals surface area contributed by atoms with E-state index in [-0.39, 0.29) is 35.0 Å². The number of aromatic amines is 1. The number of H-pyrrole nitrogens is 1. The van der Waals surface area contributed by atoms with E-state index in [0.717, 1.165) is 16.5 Å². The van der Waals surface area contributed by atoms with Crippen LogP contribution >= 0.6 is 0 Å². The number of halogens is 3. The molecular formula is C30H29F3N2O3. The van der Waals surface area contributed by atoms with Gasteiger partial charge in [-0.3, -0.25) is 4.90 Å². The number of hydrogen-bond acceptors (Lipinski definition) is 3. The first-order chi connectivity index (χ1) is 18.0. The molecule has 0 unspecified atom stereocenters. The zero-order valence-corrected chi connectivity index (χ0v) is 21.6. The summed E-state index contributed by atoms with van der Waals surface area (Å²) in [7, 11) is 1.33. The van der Waals surface area contributed by atoms with Crippen LogP contribution in [0.4, 0.5) is 13.2 Å². The van der Waals surface area contributed by atoms with Crippen molar-refractivity contribution in [2.24, 2.45) is 0 Å². The number of nitrogens with zero attached hydrogens (tertiary/aromatic N) is 1. The van der Waals surface area contributed by atoms with Gasteiger partial charge in [-0.1, -0.05) is 24.3 Å². The van der Waals surface area contributed by atoms with Gasteiger partial charge in [0.05, 0.1) is 13.2 Å². The molecule has 3 aromatic carbocycles. The summed E-state index contributed by atoms with van der Waals surface area (Å²) in [6, 6.07) is 13.4. The second-order valence-corrected chi connectivity index (χ2v) is 10.5. The summed E-state index contributed by atoms with van der Waals surface area (Å²) in [5, 5.41) is 10.3. The molecule has 0 aliphatic carbocycles. The largest absolute Gasteiger partial charge is 0.496 e. The number of aromatic nitrogens is 1. The second-order valence-electron chi connectivity index (χ2n) is 10.5. The molecule has 198 valence electrons. The zero-order chi connectivity index (χ0) is 27.4. The first-order valence-corrected chi connectivity index (χ1v) is 12.4. The van der Waals surface area contributed by atoms with Crippen LogP contribution in [0.15, 0.2) is 54.6 Å². The Labute approximate surface area is 218 Å². The molecule has 0 amide bonds. The summed E-state index contributed by atoms with van der Waals surface area (Å²) in [4.78, 5) is 16.6. The van der Waals surface area contributed by atoms with E-state index < -0.39 is 29.3 Å². The molecule has 4 aromatic rings. The molecule has 5 nitrogen and oxygen atoms in total. The molecule has 8 heteroatoms. The van der Waals surface area contributed by atoms with E-state index in [1.54, 1.807) is 0 Å². The number of benzene rings is 3. The molecule has 0 saturated carbocycles. The van der Waals surface area contributed by atoms with E-state index in [4.69, 9.17) is 4.74 Å². The van der Waals surface area contributed by atoms with Crippen LogP contribution in [0.1, 0.15) is 54.0 Å². The van der Waals surface area contributed by atoms with Gasteiger partial charge < -0.3 is 14.8 Å². The van der Waals surface area contributed by atoms with Gasteiger partial charge in [-0.05, 0) is 74.2 Å². The highest BCUT2D eigenvalue weighted by molar-refractivity contribution is 5.92. The standard InChI is InChI=1S/C30H29F3N2O3/c1-16-11-21-19-7-5-6-8-24(19)34-27(21)28(35(16)15-30(2,3)33)26-22(31)12-18(13-23(26)32)17-9-10-20(29(36)37)25(14-17)38-4/h5-10,12-14,16,28,34H,11,15H2,1-4H3,(H,36,37)/t16-,28-/m1/s1. The van der Waals surface area contributed by atoms with Gasteiger partial charge in [-0.15, -0.1) is 0 Å². The fourth-order valence-electron chi connectivity index (χ4n) is 5.56. The number of hydrogen-bond donors (Lipinski definition) is 2. The van der Waals surface area contributed by atoms with E-state index in [1.807, 2.05) is 36.1 Å². The minimum Gasteiger partial charge on any atom is -0.496 e. The molecule has 1 aliphatic rings. The number of aromatic carboxylic acids is 1. The van der Waals surface area contributed by atoms with E-state index in [0.29, 0.717) is 17.7 Å². The summed E-state index contributed by atoms with van der Waals surface area (Å²) in [5.74, 6) is -2.63. The van der Waals surface area contributed by atoms with Crippen molar-refractivity contribution in [2.45, 2.75) is 44.9 Å². The van der Waals surface area contributed by atoms with Crippen LogP contribution in [-0.2, 0) is 6.42 Å². The van der Waals surface area contributed by atoms with E-state index in [9.17, 15) is 14.3 Å². The molecule has 0 spiro atoms. The van der Waals surface area contributed by atoms with Crippen molar-refractivity contribution in [1.29, 1.82) is 0 Å². The van der Waals surface area contributed by atoms with Gasteiger partial charge >= 0.3 is 5.97 Å². The Morgan fingerprint density at radius 3 is 2.42 bits per heavy atom. The van der Waals surface area contributed by atoms with Crippen LogP contribution < -0.4 is 4.74 Å². The van der Waals surface area contributed by atoms with Crippen molar-refractivity contribution in [3.05, 3.63) is 88.6 Å². The molecule has 1 aromatic heterocycles. The van der Waals surface area contributed by atoms with Crippen molar-refractivity contribution >= 4 is 16.9 Å². The maximum absolute atomic E-state index is 16.0. The molecule has 0 bridgehead atoms. The van der Waals surface area contributed by atoms with Crippen LogP contribution in [0.3, 0.4) is 0 Å². The van der Waals surface area contributed by atoms with Gasteiger partial charge in [0.2, 0.25) is 0 Å². The van der Waals surface area contributed by atoms with Crippen LogP contribution in [0.2, 0.25) is 0 Å². The average Bonchev–Trinajstić information content (AvgIpc) is 3.22. The van der Waals surface area contributed by atoms with Crippen molar-refractivity contribution in [2.75, 3.05) is 13.7 Å². The highest BCUT2D eigenvalue weighted by atomic mass is 19.1. The molecule has 2 atom stereocenters. The van der Waals surface area contributed by atoms with Gasteiger partial charge in [-0.2, -0.15) is 0 Å². The number of carboxylic acid groups (broad SMARTS) is 1. The minimum absolute atomic E-state index is 0.0118. The third-order valence-electron chi connectivity index (χ3n) is 7.19. The summed E-state index contributed by atoms with van der Waals surface area (Å²) in [6.45, 7) is 4.86. The number of rotatable bonds is 6. The molecule has 0 fully saturated rings. The number of para-hydroxylation sites is 1. The van der Waals surface area contributed by atoms with Gasteiger partial charge in [0.1, 0.15) is 28.6 Å². The van der Waals surface area contributed by atoms with Crippen LogP contribution in [-0.4, -0.2) is 46.3 Å². The SMILES string of the molecule is COc1cc(-c2cc(F)c([C@@H]3c4[nH]c5ccccc5c4C[C@@H](C)N3CC(C)(C)F)c(F)c2)ccc1C(=O)O. The number of alkyl halides is 1. The first kappa shape index (κ1) is 25.9. The Hall–Kier alpha value is -3.78. The lowest BCUT2D eigenvalue weighted by Gasteiger charge is -2.43. The van der Waals surface area contributed by atoms with E-state index in [2.05, 4.69) is 4.98 Å². The number of carboxylic acids is 1. The normalized spacial score (nSPS) is 18.0. The molecule has 5 rings (SSSR count). The Morgan fingerprint density at radius 1 is 1.11 bits per heavy atom. The fraction of sp³-hybridized carbons (Fsp3) is 0.300. The van der Waals surface area contributed by atoms with Crippen molar-refractivity contribution < 1.29 is 27.8 Å². The fourth-order valence-corrected chi connectivity index (χ4v) is 5.56. The lowest BCUT2D eigenvalue weighted by molar-refractivity contribution is 0.0643. The quantitative estimate of drug-likeness (QED) is 0.289. The molecule has 2 heterocycles. The number of ether oxygens (including phenoxy) is 1. The van der Waals surface area contributed by atoms with Crippen molar-refractivity contribution in [1.82, 2.24) is 9.88 Å². The molecular weight excluding hydrogens is 493 g/mol. The second kappa shape index (κ2) is 9.51. The summed E-state index contributed by atoms with van der Waals surface area (Å²) in [5.41, 5.74) is 1.32. The summed E-state index contributed by atoms with van der Waals surface area (Å²) in [6.07, 6.45) is 0.614. The molecule has 0 radical (unpaired) electrons. The monoisotopic (exact) mass is 522 g/mol. The predicted octanol–water partition coefficient (Wildman–Crippen LogP) is 6.90. The topological polar surface area (TPSA) is 65.6 Å². The Kier molecular flexibility index (Phi) is 6.47. The average molecular weight is 523 g/mol. The first-order valence-electron chi connectivity index (χ1n) is 12.4. The van der Waals surface area contributed by atoms with Gasteiger partial charge in [0.15, 0.2) is 0 Å². The Morgan fingerprint density at radius 2 is 1.79 bits per heavy atom. The van der Waals surface area contributed by atoms with Crippen LogP contribution in [0.5, 0.6) is 5.75 Å². The molecule has 0 saturated heterocycles. The lowest BCUT2D eigenvalue weighted by atomic mass is 9.86. The van der Waals surface area contributed by atoms with Gasteiger partial charge in [0.25, 0.3) is 0 Å². The highest BCUT2D eigenvalue weighted by Gasteiger charge is 2.41. The highest BCUT2D eigenvalue weighted by Crippen LogP contribution is 2.44. The number of nitrogens with one attached hydrogen (secondary N) is 1. The maximum Gasteiger partial charge on any atom is 0.339 e. The van der Waals surface area contributed by atoms with Crippen molar-refractivity contribution in [3.63, 3.8) is 0 Å². The zero-order valence-electron chi connectivity index (χ0n) is 21.6. The number of methoxy groups -OCH3 is 1. The predicted molar refractivity (Wildman–Crippen MR) is 141 cm³/mol. The Bertz CT molecular complexity index is 1520. The smallest absolute Gasteiger partial charge is 0.339 e. The van der Waals surface area contributed by atoms with Gasteiger partial charge in [0, 0.05) is 34.7 Å². The van der Waals surface area contributed by atoms with Crippen LogP contribution in [0.25, 0.3) is 22.0 Å². The maximum atomic E-state index is 16.0. The Balaban J connectivity index is 1.67. The third-order valence-corrected chi connectivity index (χ3v) is 7.19. The minimum atomic E-state index is -1.59. The summed E-state index contributed by atoms with van der Waals surface area (Å²) >= 11 is 0. The number of carbonyl (C=O) groups is 1. The van der Waals surface area contributed by atoms with E-state index in [1.165, 1.54) is 51.3 Å². The number of fused-ring (bicyclic) bond motifs is 3.